The number of carbonyl (C=O) groups excluding carboxylic acids is 2. The molecule has 1 aromatic heterocycles. The van der Waals surface area contributed by atoms with Gasteiger partial charge in [0.2, 0.25) is 0 Å². The molecule has 2 aromatic rings. The van der Waals surface area contributed by atoms with Gasteiger partial charge in [0.15, 0.2) is 0 Å². The Morgan fingerprint density at radius 1 is 1.04 bits per heavy atom. The number of hydrogen-bond acceptors (Lipinski definition) is 5. The molecule has 1 aromatic carbocycles. The number of nitrogens with one attached hydrogen (secondary N) is 2. The average Bonchev–Trinajstić information content (AvgIpc) is 3.53. The van der Waals surface area contributed by atoms with E-state index in [2.05, 4.69) is 20.5 Å². The highest BCUT2D eigenvalue weighted by Gasteiger charge is 2.24. The number of morpholine rings is 1. The molecule has 2 aliphatic rings. The van der Waals surface area contributed by atoms with E-state index in [1.54, 1.807) is 6.07 Å². The number of ether oxygens (including phenoxy) is 1. The Bertz CT molecular complexity index is 845. The lowest BCUT2D eigenvalue weighted by molar-refractivity contribution is 0.0950. The predicted octanol–water partition coefficient (Wildman–Crippen LogP) is 2.06. The average molecular weight is 366 g/mol. The Hall–Kier alpha value is -2.93. The zero-order chi connectivity index (χ0) is 18.6. The van der Waals surface area contributed by atoms with Crippen LogP contribution in [-0.4, -0.2) is 49.1 Å². The maximum atomic E-state index is 12.7. The highest BCUT2D eigenvalue weighted by molar-refractivity contribution is 6.07. The number of benzene rings is 1. The number of para-hydroxylation sites is 2. The van der Waals surface area contributed by atoms with Crippen LogP contribution in [0.15, 0.2) is 42.7 Å². The fourth-order valence-electron chi connectivity index (χ4n) is 3.04. The van der Waals surface area contributed by atoms with Gasteiger partial charge < -0.3 is 20.3 Å². The van der Waals surface area contributed by atoms with Gasteiger partial charge in [-0.05, 0) is 31.0 Å². The van der Waals surface area contributed by atoms with E-state index >= 15 is 0 Å². The Balaban J connectivity index is 1.50. The molecule has 140 valence electrons. The predicted molar refractivity (Wildman–Crippen MR) is 102 cm³/mol. The molecule has 7 nitrogen and oxygen atoms in total. The van der Waals surface area contributed by atoms with Gasteiger partial charge in [-0.3, -0.25) is 14.6 Å². The SMILES string of the molecule is O=C(Nc1ccccc1N1CCOCC1)c1cncc(C(=O)NC2CC2)c1. The fourth-order valence-corrected chi connectivity index (χ4v) is 3.04. The van der Waals surface area contributed by atoms with Crippen molar-refractivity contribution in [3.05, 3.63) is 53.9 Å². The summed E-state index contributed by atoms with van der Waals surface area (Å²) < 4.78 is 5.40. The molecule has 0 atom stereocenters. The molecular weight excluding hydrogens is 344 g/mol. The topological polar surface area (TPSA) is 83.6 Å². The van der Waals surface area contributed by atoms with E-state index in [9.17, 15) is 9.59 Å². The van der Waals surface area contributed by atoms with Gasteiger partial charge in [-0.2, -0.15) is 0 Å². The van der Waals surface area contributed by atoms with Crippen LogP contribution in [0.3, 0.4) is 0 Å². The molecule has 0 radical (unpaired) electrons. The second kappa shape index (κ2) is 7.75. The number of carbonyl (C=O) groups is 2. The molecule has 1 aliphatic heterocycles. The second-order valence-electron chi connectivity index (χ2n) is 6.78. The standard InChI is InChI=1S/C20H22N4O3/c25-19(22-16-5-6-16)14-11-15(13-21-12-14)20(26)23-17-3-1-2-4-18(17)24-7-9-27-10-8-24/h1-4,11-13,16H,5-10H2,(H,22,25)(H,23,26). The Kier molecular flexibility index (Phi) is 5.02. The van der Waals surface area contributed by atoms with Crippen LogP contribution < -0.4 is 15.5 Å². The van der Waals surface area contributed by atoms with Crippen molar-refractivity contribution in [1.82, 2.24) is 10.3 Å². The first-order valence-corrected chi connectivity index (χ1v) is 9.20. The molecule has 7 heteroatoms. The van der Waals surface area contributed by atoms with Crippen LogP contribution in [0, 0.1) is 0 Å². The van der Waals surface area contributed by atoms with Crippen LogP contribution >= 0.6 is 0 Å². The third kappa shape index (κ3) is 4.25. The highest BCUT2D eigenvalue weighted by atomic mass is 16.5. The second-order valence-corrected chi connectivity index (χ2v) is 6.78. The van der Waals surface area contributed by atoms with Crippen molar-refractivity contribution in [2.75, 3.05) is 36.5 Å². The van der Waals surface area contributed by atoms with Crippen molar-refractivity contribution < 1.29 is 14.3 Å². The molecule has 27 heavy (non-hydrogen) atoms. The van der Waals surface area contributed by atoms with Crippen molar-refractivity contribution in [2.24, 2.45) is 0 Å². The van der Waals surface area contributed by atoms with Crippen LogP contribution in [0.4, 0.5) is 11.4 Å². The lowest BCUT2D eigenvalue weighted by Gasteiger charge is -2.30. The summed E-state index contributed by atoms with van der Waals surface area (Å²) in [5.41, 5.74) is 2.45. The molecule has 0 spiro atoms. The number of hydrogen-bond donors (Lipinski definition) is 2. The molecule has 0 unspecified atom stereocenters. The maximum absolute atomic E-state index is 12.7. The summed E-state index contributed by atoms with van der Waals surface area (Å²) in [5.74, 6) is -0.474. The third-order valence-corrected chi connectivity index (χ3v) is 4.68. The molecule has 2 heterocycles. The van der Waals surface area contributed by atoms with E-state index in [0.717, 1.165) is 37.3 Å². The Morgan fingerprint density at radius 2 is 1.74 bits per heavy atom. The molecule has 2 amide bonds. The van der Waals surface area contributed by atoms with Crippen LogP contribution in [0.5, 0.6) is 0 Å². The van der Waals surface area contributed by atoms with Crippen LogP contribution in [0.2, 0.25) is 0 Å². The van der Waals surface area contributed by atoms with E-state index in [0.29, 0.717) is 24.3 Å². The van der Waals surface area contributed by atoms with Gasteiger partial charge in [0.1, 0.15) is 0 Å². The Labute approximate surface area is 157 Å². The van der Waals surface area contributed by atoms with Gasteiger partial charge in [-0.1, -0.05) is 12.1 Å². The van der Waals surface area contributed by atoms with E-state index in [-0.39, 0.29) is 17.9 Å². The normalized spacial score (nSPS) is 16.7. The smallest absolute Gasteiger partial charge is 0.257 e. The van der Waals surface area contributed by atoms with Gasteiger partial charge in [-0.15, -0.1) is 0 Å². The zero-order valence-electron chi connectivity index (χ0n) is 15.0. The van der Waals surface area contributed by atoms with Gasteiger partial charge in [-0.25, -0.2) is 0 Å². The fraction of sp³-hybridized carbons (Fsp3) is 0.350. The maximum Gasteiger partial charge on any atom is 0.257 e. The first-order chi connectivity index (χ1) is 13.2. The number of rotatable bonds is 5. The molecular formula is C20H22N4O3. The monoisotopic (exact) mass is 366 g/mol. The summed E-state index contributed by atoms with van der Waals surface area (Å²) in [6.07, 6.45) is 4.98. The van der Waals surface area contributed by atoms with Gasteiger partial charge in [0.05, 0.1) is 35.7 Å². The van der Waals surface area contributed by atoms with Crippen molar-refractivity contribution in [3.8, 4) is 0 Å². The zero-order valence-corrected chi connectivity index (χ0v) is 15.0. The molecule has 4 rings (SSSR count). The highest BCUT2D eigenvalue weighted by Crippen LogP contribution is 2.27. The number of pyridine rings is 1. The van der Waals surface area contributed by atoms with Crippen molar-refractivity contribution >= 4 is 23.2 Å². The number of anilines is 2. The molecule has 1 saturated heterocycles. The lowest BCUT2D eigenvalue weighted by atomic mass is 10.1. The number of nitrogens with zero attached hydrogens (tertiary/aromatic N) is 2. The quantitative estimate of drug-likeness (QED) is 0.846. The van der Waals surface area contributed by atoms with Gasteiger partial charge >= 0.3 is 0 Å². The minimum Gasteiger partial charge on any atom is -0.378 e. The molecule has 2 N–H and O–H groups in total. The van der Waals surface area contributed by atoms with Crippen molar-refractivity contribution in [1.29, 1.82) is 0 Å². The summed E-state index contributed by atoms with van der Waals surface area (Å²) in [4.78, 5) is 31.2. The Morgan fingerprint density at radius 3 is 2.48 bits per heavy atom. The summed E-state index contributed by atoms with van der Waals surface area (Å²) in [7, 11) is 0. The first kappa shape index (κ1) is 17.5. The first-order valence-electron chi connectivity index (χ1n) is 9.20. The molecule has 1 saturated carbocycles. The van der Waals surface area contributed by atoms with Gasteiger partial charge in [0.25, 0.3) is 11.8 Å². The number of amides is 2. The molecule has 0 bridgehead atoms. The summed E-state index contributed by atoms with van der Waals surface area (Å²) in [6.45, 7) is 2.91. The molecule has 2 fully saturated rings. The van der Waals surface area contributed by atoms with E-state index in [1.165, 1.54) is 12.4 Å². The van der Waals surface area contributed by atoms with Crippen molar-refractivity contribution in [3.63, 3.8) is 0 Å². The minimum atomic E-state index is -0.288. The van der Waals surface area contributed by atoms with E-state index < -0.39 is 0 Å². The van der Waals surface area contributed by atoms with Crippen molar-refractivity contribution in [2.45, 2.75) is 18.9 Å². The summed E-state index contributed by atoms with van der Waals surface area (Å²) in [6, 6.07) is 9.54. The minimum absolute atomic E-state index is 0.187. The van der Waals surface area contributed by atoms with Gasteiger partial charge in [0, 0.05) is 31.5 Å². The van der Waals surface area contributed by atoms with Crippen LogP contribution in [0.25, 0.3) is 0 Å². The largest absolute Gasteiger partial charge is 0.378 e. The van der Waals surface area contributed by atoms with E-state index in [4.69, 9.17) is 4.74 Å². The van der Waals surface area contributed by atoms with Crippen LogP contribution in [0.1, 0.15) is 33.6 Å². The lowest BCUT2D eigenvalue weighted by Crippen LogP contribution is -2.36. The third-order valence-electron chi connectivity index (χ3n) is 4.68. The number of aromatic nitrogens is 1. The van der Waals surface area contributed by atoms with E-state index in [1.807, 2.05) is 24.3 Å². The molecule has 1 aliphatic carbocycles. The summed E-state index contributed by atoms with van der Waals surface area (Å²) in [5, 5.41) is 5.86. The van der Waals surface area contributed by atoms with Crippen LogP contribution in [-0.2, 0) is 4.74 Å². The summed E-state index contributed by atoms with van der Waals surface area (Å²) >= 11 is 0.